The standard InChI is InChI=1S/C12H22N2O2/c1-4-6-11(16-5-2)10(15)9-12-13-7-8-14(12)3/h7-8,10-11,15H,4-6,9H2,1-3H3. The molecule has 0 amide bonds. The lowest BCUT2D eigenvalue weighted by molar-refractivity contribution is -0.0372. The smallest absolute Gasteiger partial charge is 0.111 e. The van der Waals surface area contributed by atoms with Gasteiger partial charge in [-0.3, -0.25) is 0 Å². The molecule has 1 heterocycles. The molecular weight excluding hydrogens is 204 g/mol. The fraction of sp³-hybridized carbons (Fsp3) is 0.750. The molecule has 0 saturated carbocycles. The molecule has 16 heavy (non-hydrogen) atoms. The Balaban J connectivity index is 2.54. The van der Waals surface area contributed by atoms with E-state index in [2.05, 4.69) is 11.9 Å². The number of aliphatic hydroxyl groups excluding tert-OH is 1. The molecule has 4 nitrogen and oxygen atoms in total. The minimum Gasteiger partial charge on any atom is -0.390 e. The number of aromatic nitrogens is 2. The van der Waals surface area contributed by atoms with E-state index in [1.165, 1.54) is 0 Å². The van der Waals surface area contributed by atoms with Gasteiger partial charge < -0.3 is 14.4 Å². The average Bonchev–Trinajstić information content (AvgIpc) is 2.64. The van der Waals surface area contributed by atoms with Crippen LogP contribution in [0.4, 0.5) is 0 Å². The van der Waals surface area contributed by atoms with Crippen LogP contribution in [0.2, 0.25) is 0 Å². The summed E-state index contributed by atoms with van der Waals surface area (Å²) in [7, 11) is 1.94. The summed E-state index contributed by atoms with van der Waals surface area (Å²) >= 11 is 0. The van der Waals surface area contributed by atoms with E-state index < -0.39 is 6.10 Å². The summed E-state index contributed by atoms with van der Waals surface area (Å²) in [4.78, 5) is 4.21. The monoisotopic (exact) mass is 226 g/mol. The van der Waals surface area contributed by atoms with E-state index in [-0.39, 0.29) is 6.10 Å². The molecule has 92 valence electrons. The number of nitrogens with zero attached hydrogens (tertiary/aromatic N) is 2. The fourth-order valence-corrected chi connectivity index (χ4v) is 1.80. The molecule has 1 N–H and O–H groups in total. The van der Waals surface area contributed by atoms with Crippen molar-refractivity contribution in [2.45, 2.75) is 45.3 Å². The molecule has 1 rings (SSSR count). The molecule has 0 radical (unpaired) electrons. The fourth-order valence-electron chi connectivity index (χ4n) is 1.80. The minimum atomic E-state index is -0.471. The number of rotatable bonds is 7. The first kappa shape index (κ1) is 13.2. The zero-order valence-electron chi connectivity index (χ0n) is 10.4. The van der Waals surface area contributed by atoms with Gasteiger partial charge in [0, 0.05) is 32.5 Å². The van der Waals surface area contributed by atoms with Crippen molar-refractivity contribution in [3.05, 3.63) is 18.2 Å². The summed E-state index contributed by atoms with van der Waals surface area (Å²) in [5, 5.41) is 10.1. The quantitative estimate of drug-likeness (QED) is 0.767. The first-order valence-corrected chi connectivity index (χ1v) is 5.94. The van der Waals surface area contributed by atoms with Gasteiger partial charge in [0.1, 0.15) is 5.82 Å². The molecule has 0 bridgehead atoms. The van der Waals surface area contributed by atoms with Gasteiger partial charge in [0.2, 0.25) is 0 Å². The van der Waals surface area contributed by atoms with Crippen molar-refractivity contribution >= 4 is 0 Å². The predicted octanol–water partition coefficient (Wildman–Crippen LogP) is 1.53. The second-order valence-corrected chi connectivity index (χ2v) is 4.01. The van der Waals surface area contributed by atoms with Crippen LogP contribution in [0.1, 0.15) is 32.5 Å². The zero-order chi connectivity index (χ0) is 12.0. The van der Waals surface area contributed by atoms with Crippen molar-refractivity contribution in [1.82, 2.24) is 9.55 Å². The second kappa shape index (κ2) is 6.66. The minimum absolute atomic E-state index is 0.0771. The number of hydrogen-bond acceptors (Lipinski definition) is 3. The lowest BCUT2D eigenvalue weighted by atomic mass is 10.1. The summed E-state index contributed by atoms with van der Waals surface area (Å²) in [6.45, 7) is 4.69. The molecule has 0 aromatic carbocycles. The van der Waals surface area contributed by atoms with Crippen LogP contribution in [0.15, 0.2) is 12.4 Å². The Morgan fingerprint density at radius 3 is 2.75 bits per heavy atom. The molecule has 0 aliphatic carbocycles. The number of aliphatic hydroxyl groups is 1. The maximum atomic E-state index is 10.1. The van der Waals surface area contributed by atoms with Gasteiger partial charge in [-0.25, -0.2) is 4.98 Å². The summed E-state index contributed by atoms with van der Waals surface area (Å²) in [5.74, 6) is 0.897. The molecule has 0 saturated heterocycles. The summed E-state index contributed by atoms with van der Waals surface area (Å²) in [6, 6.07) is 0. The number of ether oxygens (including phenoxy) is 1. The van der Waals surface area contributed by atoms with Gasteiger partial charge in [0.05, 0.1) is 12.2 Å². The molecule has 1 aromatic heterocycles. The van der Waals surface area contributed by atoms with Gasteiger partial charge >= 0.3 is 0 Å². The predicted molar refractivity (Wildman–Crippen MR) is 63.2 cm³/mol. The van der Waals surface area contributed by atoms with Crippen LogP contribution in [0, 0.1) is 0 Å². The van der Waals surface area contributed by atoms with E-state index in [1.54, 1.807) is 6.20 Å². The number of imidazole rings is 1. The highest BCUT2D eigenvalue weighted by Gasteiger charge is 2.20. The first-order chi connectivity index (χ1) is 7.69. The van der Waals surface area contributed by atoms with E-state index in [9.17, 15) is 5.11 Å². The molecular formula is C12H22N2O2. The molecule has 4 heteroatoms. The Kier molecular flexibility index (Phi) is 5.49. The highest BCUT2D eigenvalue weighted by molar-refractivity contribution is 4.94. The van der Waals surface area contributed by atoms with Crippen LogP contribution in [0.25, 0.3) is 0 Å². The molecule has 0 aliphatic heterocycles. The van der Waals surface area contributed by atoms with Crippen molar-refractivity contribution < 1.29 is 9.84 Å². The van der Waals surface area contributed by atoms with Crippen molar-refractivity contribution in [3.63, 3.8) is 0 Å². The third-order valence-corrected chi connectivity index (χ3v) is 2.70. The van der Waals surface area contributed by atoms with Gasteiger partial charge in [0.15, 0.2) is 0 Å². The Morgan fingerprint density at radius 1 is 1.50 bits per heavy atom. The van der Waals surface area contributed by atoms with Crippen molar-refractivity contribution in [1.29, 1.82) is 0 Å². The molecule has 2 unspecified atom stereocenters. The molecule has 0 spiro atoms. The lowest BCUT2D eigenvalue weighted by Gasteiger charge is -2.22. The van der Waals surface area contributed by atoms with Gasteiger partial charge in [-0.05, 0) is 13.3 Å². The average molecular weight is 226 g/mol. The number of aryl methyl sites for hydroxylation is 1. The highest BCUT2D eigenvalue weighted by atomic mass is 16.5. The first-order valence-electron chi connectivity index (χ1n) is 5.94. The Morgan fingerprint density at radius 2 is 2.25 bits per heavy atom. The third-order valence-electron chi connectivity index (χ3n) is 2.70. The van der Waals surface area contributed by atoms with Crippen LogP contribution in [0.5, 0.6) is 0 Å². The number of hydrogen-bond donors (Lipinski definition) is 1. The van der Waals surface area contributed by atoms with Crippen molar-refractivity contribution in [2.24, 2.45) is 7.05 Å². The van der Waals surface area contributed by atoms with E-state index in [0.717, 1.165) is 18.7 Å². The lowest BCUT2D eigenvalue weighted by Crippen LogP contribution is -2.31. The van der Waals surface area contributed by atoms with Crippen LogP contribution in [0.3, 0.4) is 0 Å². The zero-order valence-corrected chi connectivity index (χ0v) is 10.4. The van der Waals surface area contributed by atoms with E-state index in [1.807, 2.05) is 24.7 Å². The molecule has 0 fully saturated rings. The topological polar surface area (TPSA) is 47.3 Å². The van der Waals surface area contributed by atoms with Crippen LogP contribution in [-0.4, -0.2) is 33.5 Å². The van der Waals surface area contributed by atoms with Gasteiger partial charge in [-0.2, -0.15) is 0 Å². The van der Waals surface area contributed by atoms with Crippen LogP contribution in [-0.2, 0) is 18.2 Å². The molecule has 2 atom stereocenters. The van der Waals surface area contributed by atoms with E-state index in [4.69, 9.17) is 4.74 Å². The van der Waals surface area contributed by atoms with Gasteiger partial charge in [-0.1, -0.05) is 13.3 Å². The van der Waals surface area contributed by atoms with E-state index in [0.29, 0.717) is 13.0 Å². The van der Waals surface area contributed by atoms with Crippen LogP contribution >= 0.6 is 0 Å². The maximum absolute atomic E-state index is 10.1. The second-order valence-electron chi connectivity index (χ2n) is 4.01. The highest BCUT2D eigenvalue weighted by Crippen LogP contribution is 2.11. The Labute approximate surface area is 97.3 Å². The normalized spacial score (nSPS) is 15.0. The van der Waals surface area contributed by atoms with E-state index >= 15 is 0 Å². The van der Waals surface area contributed by atoms with Crippen molar-refractivity contribution in [2.75, 3.05) is 6.61 Å². The Hall–Kier alpha value is -0.870. The van der Waals surface area contributed by atoms with Gasteiger partial charge in [-0.15, -0.1) is 0 Å². The summed E-state index contributed by atoms with van der Waals surface area (Å²) < 4.78 is 7.47. The van der Waals surface area contributed by atoms with Gasteiger partial charge in [0.25, 0.3) is 0 Å². The largest absolute Gasteiger partial charge is 0.390 e. The maximum Gasteiger partial charge on any atom is 0.111 e. The third kappa shape index (κ3) is 3.61. The molecule has 0 aliphatic rings. The van der Waals surface area contributed by atoms with Crippen LogP contribution < -0.4 is 0 Å². The van der Waals surface area contributed by atoms with Crippen molar-refractivity contribution in [3.8, 4) is 0 Å². The Bertz CT molecular complexity index is 293. The molecule has 1 aromatic rings. The summed E-state index contributed by atoms with van der Waals surface area (Å²) in [6.07, 6.45) is 5.54. The SMILES string of the molecule is CCCC(OCC)C(O)Cc1nccn1C. The summed E-state index contributed by atoms with van der Waals surface area (Å²) in [5.41, 5.74) is 0.